The van der Waals surface area contributed by atoms with E-state index in [1.165, 1.54) is 194 Å². The molecule has 0 saturated heterocycles. The van der Waals surface area contributed by atoms with E-state index in [2.05, 4.69) is 347 Å². The molecular weight excluding hydrogens is 1360 g/mol. The lowest BCUT2D eigenvalue weighted by atomic mass is 9.75. The van der Waals surface area contributed by atoms with Crippen molar-refractivity contribution >= 4 is 42.8 Å². The molecule has 6 aliphatic carbocycles. The summed E-state index contributed by atoms with van der Waals surface area (Å²) in [5.41, 5.74) is 49.1. The van der Waals surface area contributed by atoms with E-state index in [0.29, 0.717) is 17.4 Å². The van der Waals surface area contributed by atoms with Gasteiger partial charge in [0.1, 0.15) is 5.75 Å². The van der Waals surface area contributed by atoms with Gasteiger partial charge >= 0.3 is 0 Å². The van der Waals surface area contributed by atoms with Crippen molar-refractivity contribution in [1.82, 2.24) is 0 Å². The normalized spacial score (nSPS) is 17.6. The standard InChI is InChI=1S/C53H66.C29H39ClSi.C25H32O/c1-31-23-45-44(30-47(53(13,14)15)33(3)48(45)34-19-21-37(22-20-34)50(4,5)6)42(31)29-41-32(2)24-46-43(41)27-35-17-16-18-40(35)49(46)36-25-38(51(7,8)9)28-39(26-36)52(10,11)12;1-18-13-24-25(27(18)31(8,9)30)16-19-11-10-12-23(19)26(24)20-14-21(28(2,3)4)17-22(15-20)29(5,6)7;1-16-13-18-15-21(25(5,6)7)23(26-8)22(20(18)14-16)17-9-11-19(12-10-17)24(2,3)4/h19-28,30,41-42H,16-18,29H2,1-15H3;13-17,27H,10-12H2,1-9H3;9-13,15H,14H2,1-8H3. The van der Waals surface area contributed by atoms with Crippen molar-refractivity contribution in [2.24, 2.45) is 0 Å². The predicted molar refractivity (Wildman–Crippen MR) is 487 cm³/mol. The van der Waals surface area contributed by atoms with Gasteiger partial charge in [0.25, 0.3) is 0 Å². The van der Waals surface area contributed by atoms with Crippen LogP contribution < -0.4 is 4.74 Å². The molecule has 3 atom stereocenters. The van der Waals surface area contributed by atoms with Crippen molar-refractivity contribution in [1.29, 1.82) is 0 Å². The molecule has 0 spiro atoms. The summed E-state index contributed by atoms with van der Waals surface area (Å²) < 4.78 is 5.99. The fourth-order valence-electron chi connectivity index (χ4n) is 19.2. The summed E-state index contributed by atoms with van der Waals surface area (Å²) in [6.45, 7) is 72.2. The Hall–Kier alpha value is -6.97. The molecule has 8 aromatic rings. The van der Waals surface area contributed by atoms with Crippen molar-refractivity contribution in [2.45, 2.75) is 326 Å². The molecule has 0 saturated carbocycles. The first-order valence-electron chi connectivity index (χ1n) is 42.0. The highest BCUT2D eigenvalue weighted by molar-refractivity contribution is 7.20. The molecule has 0 N–H and O–H groups in total. The fraction of sp³-hybridized carbons (Fsp3) is 0.477. The Morgan fingerprint density at radius 1 is 0.364 bits per heavy atom. The van der Waals surface area contributed by atoms with Gasteiger partial charge in [-0.3, -0.25) is 0 Å². The van der Waals surface area contributed by atoms with E-state index in [0.717, 1.165) is 18.6 Å². The maximum Gasteiger partial charge on any atom is 0.161 e. The highest BCUT2D eigenvalue weighted by Gasteiger charge is 2.42. The van der Waals surface area contributed by atoms with E-state index in [-0.39, 0.29) is 43.3 Å². The lowest BCUT2D eigenvalue weighted by molar-refractivity contribution is 0.399. The summed E-state index contributed by atoms with van der Waals surface area (Å²) in [7, 11) is -0.0679. The van der Waals surface area contributed by atoms with Gasteiger partial charge in [-0.15, -0.1) is 0 Å². The maximum atomic E-state index is 7.08. The van der Waals surface area contributed by atoms with Gasteiger partial charge in [-0.05, 0) is 286 Å². The summed E-state index contributed by atoms with van der Waals surface area (Å²) in [6.07, 6.45) is 19.4. The van der Waals surface area contributed by atoms with Gasteiger partial charge < -0.3 is 4.74 Å². The van der Waals surface area contributed by atoms with Gasteiger partial charge in [0, 0.05) is 28.5 Å². The number of rotatable bonds is 8. The van der Waals surface area contributed by atoms with Crippen LogP contribution in [0.15, 0.2) is 131 Å². The third-order valence-electron chi connectivity index (χ3n) is 25.6. The number of halogens is 1. The van der Waals surface area contributed by atoms with E-state index < -0.39 is 7.38 Å². The van der Waals surface area contributed by atoms with Gasteiger partial charge in [-0.1, -0.05) is 329 Å². The molecular formula is C107H137ClOSi. The topological polar surface area (TPSA) is 9.23 Å². The number of methoxy groups -OCH3 is 1. The monoisotopic (exact) mass is 1500 g/mol. The molecule has 0 aromatic heterocycles. The number of hydrogen-bond acceptors (Lipinski definition) is 1. The van der Waals surface area contributed by atoms with E-state index in [1.54, 1.807) is 34.9 Å². The van der Waals surface area contributed by atoms with Gasteiger partial charge in [0.05, 0.1) is 7.11 Å². The predicted octanol–water partition coefficient (Wildman–Crippen LogP) is 30.9. The first-order valence-corrected chi connectivity index (χ1v) is 46.1. The SMILES string of the molecule is CC1=Cc2c(cc(C(C)(C)C)c(C)c2-c2ccc(C(C)(C)C)cc2)C1CC1C(C)=Cc2c1cc1c(c2-c2cc(C(C)(C)C)cc(C(C)(C)C)c2)CCC1.CC1=Cc2c(cc3c(c2-c2cc(C(C)(C)C)cc(C(C)(C)C)c2)CCC3)C1[Si](C)(C)Cl.COc1c(C(C)(C)C)cc2c(c1-c1ccc(C(C)(C)C)cc1)CC(C)=C2. The summed E-state index contributed by atoms with van der Waals surface area (Å²) in [5, 5.41) is 0. The second-order valence-corrected chi connectivity index (χ2v) is 49.9. The van der Waals surface area contributed by atoms with Gasteiger partial charge in [-0.2, -0.15) is 11.1 Å². The average Bonchev–Trinajstić information content (AvgIpc) is 1.50. The zero-order valence-electron chi connectivity index (χ0n) is 74.4. The molecule has 1 nitrogen and oxygen atoms in total. The third-order valence-corrected chi connectivity index (χ3v) is 28.4. The lowest BCUT2D eigenvalue weighted by Gasteiger charge is -2.29. The van der Waals surface area contributed by atoms with Crippen LogP contribution in [0.2, 0.25) is 13.1 Å². The third kappa shape index (κ3) is 16.3. The highest BCUT2D eigenvalue weighted by Crippen LogP contribution is 2.56. The second kappa shape index (κ2) is 29.1. The summed E-state index contributed by atoms with van der Waals surface area (Å²) in [6, 6.07) is 43.6. The molecule has 582 valence electrons. The van der Waals surface area contributed by atoms with Crippen molar-refractivity contribution in [3.63, 3.8) is 0 Å². The molecule has 0 heterocycles. The number of benzene rings is 8. The minimum Gasteiger partial charge on any atom is -0.496 e. The Morgan fingerprint density at radius 2 is 0.736 bits per heavy atom. The Morgan fingerprint density at radius 3 is 1.13 bits per heavy atom. The minimum absolute atomic E-state index is 0.0325. The van der Waals surface area contributed by atoms with E-state index in [9.17, 15) is 0 Å². The highest BCUT2D eigenvalue weighted by atomic mass is 35.6. The molecule has 0 aliphatic heterocycles. The Kier molecular flexibility index (Phi) is 21.9. The molecule has 110 heavy (non-hydrogen) atoms. The van der Waals surface area contributed by atoms with E-state index in [4.69, 9.17) is 15.8 Å². The average molecular weight is 1500 g/mol. The molecule has 3 heteroatoms. The second-order valence-electron chi connectivity index (χ2n) is 43.2. The van der Waals surface area contributed by atoms with Crippen LogP contribution >= 0.6 is 11.1 Å². The van der Waals surface area contributed by atoms with Crippen molar-refractivity contribution in [3.8, 4) is 50.3 Å². The Labute approximate surface area is 674 Å². The largest absolute Gasteiger partial charge is 0.496 e. The van der Waals surface area contributed by atoms with Crippen LogP contribution in [0.25, 0.3) is 68.8 Å². The summed E-state index contributed by atoms with van der Waals surface area (Å²) in [4.78, 5) is 0. The Bertz CT molecular complexity index is 4990. The van der Waals surface area contributed by atoms with Crippen LogP contribution in [0.5, 0.6) is 5.75 Å². The number of hydrogen-bond donors (Lipinski definition) is 0. The zero-order chi connectivity index (χ0) is 80.8. The quantitative estimate of drug-likeness (QED) is 0.109. The smallest absolute Gasteiger partial charge is 0.161 e. The van der Waals surface area contributed by atoms with Crippen molar-refractivity contribution < 1.29 is 4.74 Å². The molecule has 3 unspecified atom stereocenters. The maximum absolute atomic E-state index is 7.08. The number of aryl methyl sites for hydroxylation is 2. The lowest BCUT2D eigenvalue weighted by Crippen LogP contribution is -2.28. The molecule has 0 amide bonds. The fourth-order valence-corrected chi connectivity index (χ4v) is 22.2. The van der Waals surface area contributed by atoms with Crippen LogP contribution in [0.1, 0.15) is 347 Å². The molecule has 0 radical (unpaired) electrons. The summed E-state index contributed by atoms with van der Waals surface area (Å²) in [5.74, 6) is 1.84. The first-order chi connectivity index (χ1) is 50.7. The number of ether oxygens (including phenoxy) is 1. The minimum atomic E-state index is -1.87. The van der Waals surface area contributed by atoms with Crippen LogP contribution in [0, 0.1) is 6.92 Å². The molecule has 0 fully saturated rings. The number of allylic oxidation sites excluding steroid dienone is 4. The van der Waals surface area contributed by atoms with Crippen LogP contribution in [0.3, 0.4) is 0 Å². The van der Waals surface area contributed by atoms with E-state index >= 15 is 0 Å². The van der Waals surface area contributed by atoms with Crippen molar-refractivity contribution in [3.05, 3.63) is 248 Å². The summed E-state index contributed by atoms with van der Waals surface area (Å²) >= 11 is 7.08. The van der Waals surface area contributed by atoms with Gasteiger partial charge in [0.2, 0.25) is 0 Å². The Balaban J connectivity index is 0.000000167. The van der Waals surface area contributed by atoms with Gasteiger partial charge in [0.15, 0.2) is 7.38 Å². The van der Waals surface area contributed by atoms with E-state index in [1.807, 2.05) is 0 Å². The molecule has 0 bridgehead atoms. The first kappa shape index (κ1) is 82.5. The zero-order valence-corrected chi connectivity index (χ0v) is 76.1. The van der Waals surface area contributed by atoms with Crippen LogP contribution in [-0.2, 0) is 75.4 Å². The molecule has 6 aliphatic rings. The molecule has 8 aromatic carbocycles. The van der Waals surface area contributed by atoms with Crippen molar-refractivity contribution in [2.75, 3.05) is 7.11 Å². The van der Waals surface area contributed by atoms with Crippen LogP contribution in [-0.4, -0.2) is 14.5 Å². The van der Waals surface area contributed by atoms with Gasteiger partial charge in [-0.25, -0.2) is 0 Å². The number of fused-ring (bicyclic) bond motifs is 6. The van der Waals surface area contributed by atoms with Crippen LogP contribution in [0.4, 0.5) is 0 Å². The molecule has 14 rings (SSSR count).